The molecule has 0 atom stereocenters. The van der Waals surface area contributed by atoms with Gasteiger partial charge in [0.05, 0.1) is 22.5 Å². The van der Waals surface area contributed by atoms with Crippen molar-refractivity contribution in [3.05, 3.63) is 147 Å². The molecule has 6 rings (SSSR count). The van der Waals surface area contributed by atoms with E-state index in [0.717, 1.165) is 39.0 Å². The lowest BCUT2D eigenvalue weighted by molar-refractivity contribution is 1.27. The quantitative estimate of drug-likeness (QED) is 0.164. The van der Waals surface area contributed by atoms with Gasteiger partial charge in [-0.2, -0.15) is 0 Å². The SMILES string of the molecule is Cc1cc(C)c(B(c2ccccc2C#Cc2cc(C)cc3ccc(-c4ccccn4)nc23)c2c(C)cc(C)cc2C)c(C)c1. The van der Waals surface area contributed by atoms with E-state index < -0.39 is 0 Å². The standard InChI is InChI=1S/C41H37BN2/c1-26-20-29(4)39(30(5)21-26)42(40-31(6)22-27(2)23-32(40)7)36-13-9-8-12-33(36)15-16-34-24-28(3)25-35-17-18-38(44-41(34)35)37-14-10-11-19-43-37/h8-14,17-25H,1-7H3. The smallest absolute Gasteiger partial charge is 0.244 e. The van der Waals surface area contributed by atoms with E-state index in [1.54, 1.807) is 6.20 Å². The molecule has 2 nitrogen and oxygen atoms in total. The van der Waals surface area contributed by atoms with Crippen molar-refractivity contribution in [1.82, 2.24) is 9.97 Å². The number of pyridine rings is 2. The summed E-state index contributed by atoms with van der Waals surface area (Å²) in [5, 5.41) is 1.08. The molecular formula is C41H37BN2. The third kappa shape index (κ3) is 5.69. The molecular weight excluding hydrogens is 531 g/mol. The molecule has 0 spiro atoms. The molecule has 0 N–H and O–H groups in total. The first-order valence-corrected chi connectivity index (χ1v) is 15.3. The Morgan fingerprint density at radius 1 is 0.523 bits per heavy atom. The summed E-state index contributed by atoms with van der Waals surface area (Å²) >= 11 is 0. The van der Waals surface area contributed by atoms with E-state index in [2.05, 4.69) is 132 Å². The van der Waals surface area contributed by atoms with Gasteiger partial charge in [0, 0.05) is 17.1 Å². The van der Waals surface area contributed by atoms with E-state index >= 15 is 0 Å². The van der Waals surface area contributed by atoms with Crippen LogP contribution < -0.4 is 16.4 Å². The molecule has 0 saturated heterocycles. The minimum Gasteiger partial charge on any atom is -0.255 e. The van der Waals surface area contributed by atoms with Crippen LogP contribution in [-0.4, -0.2) is 16.7 Å². The second-order valence-electron chi connectivity index (χ2n) is 12.2. The molecule has 0 saturated carbocycles. The number of rotatable bonds is 4. The summed E-state index contributed by atoms with van der Waals surface area (Å²) in [5.74, 6) is 7.19. The zero-order chi connectivity index (χ0) is 31.0. The van der Waals surface area contributed by atoms with Crippen LogP contribution in [0.5, 0.6) is 0 Å². The Balaban J connectivity index is 1.56. The molecule has 0 fully saturated rings. The third-order valence-electron chi connectivity index (χ3n) is 8.52. The van der Waals surface area contributed by atoms with Gasteiger partial charge in [-0.15, -0.1) is 0 Å². The average molecular weight is 569 g/mol. The first-order valence-electron chi connectivity index (χ1n) is 15.3. The van der Waals surface area contributed by atoms with Gasteiger partial charge in [0.1, 0.15) is 0 Å². The molecule has 3 heteroatoms. The highest BCUT2D eigenvalue weighted by atomic mass is 14.8. The van der Waals surface area contributed by atoms with E-state index in [4.69, 9.17) is 4.98 Å². The monoisotopic (exact) mass is 568 g/mol. The number of nitrogens with zero attached hydrogens (tertiary/aromatic N) is 2. The van der Waals surface area contributed by atoms with Gasteiger partial charge in [-0.05, 0) is 90.4 Å². The second kappa shape index (κ2) is 12.0. The lowest BCUT2D eigenvalue weighted by Gasteiger charge is -2.25. The van der Waals surface area contributed by atoms with Crippen molar-refractivity contribution in [1.29, 1.82) is 0 Å². The second-order valence-corrected chi connectivity index (χ2v) is 12.2. The lowest BCUT2D eigenvalue weighted by atomic mass is 9.33. The summed E-state index contributed by atoms with van der Waals surface area (Å²) in [7, 11) is 0. The molecule has 4 aromatic carbocycles. The van der Waals surface area contributed by atoms with Gasteiger partial charge in [-0.1, -0.05) is 116 Å². The summed E-state index contributed by atoms with van der Waals surface area (Å²) in [6, 6.07) is 32.3. The maximum atomic E-state index is 5.05. The van der Waals surface area contributed by atoms with Gasteiger partial charge in [-0.25, -0.2) is 4.98 Å². The number of aromatic nitrogens is 2. The Morgan fingerprint density at radius 2 is 1.09 bits per heavy atom. The number of fused-ring (bicyclic) bond motifs is 1. The molecule has 2 heterocycles. The van der Waals surface area contributed by atoms with Gasteiger partial charge in [0.2, 0.25) is 6.71 Å². The highest BCUT2D eigenvalue weighted by molar-refractivity contribution is 6.97. The highest BCUT2D eigenvalue weighted by Gasteiger charge is 2.29. The molecule has 0 bridgehead atoms. The molecule has 0 amide bonds. The van der Waals surface area contributed by atoms with Gasteiger partial charge >= 0.3 is 0 Å². The zero-order valence-corrected chi connectivity index (χ0v) is 26.7. The Labute approximate surface area is 262 Å². The maximum absolute atomic E-state index is 5.05. The van der Waals surface area contributed by atoms with Crippen molar-refractivity contribution in [2.24, 2.45) is 0 Å². The van der Waals surface area contributed by atoms with Gasteiger partial charge in [0.25, 0.3) is 0 Å². The van der Waals surface area contributed by atoms with Gasteiger partial charge in [0.15, 0.2) is 0 Å². The van der Waals surface area contributed by atoms with Gasteiger partial charge in [-0.3, -0.25) is 4.98 Å². The largest absolute Gasteiger partial charge is 0.255 e. The van der Waals surface area contributed by atoms with Crippen LogP contribution in [0.25, 0.3) is 22.3 Å². The molecule has 0 aliphatic rings. The summed E-state index contributed by atoms with van der Waals surface area (Å²) in [6.45, 7) is 15.5. The Hall–Kier alpha value is -4.94. The normalized spacial score (nSPS) is 10.9. The molecule has 0 aliphatic heterocycles. The summed E-state index contributed by atoms with van der Waals surface area (Å²) in [6.07, 6.45) is 1.80. The fraction of sp³-hybridized carbons (Fsp3) is 0.171. The van der Waals surface area contributed by atoms with E-state index in [-0.39, 0.29) is 6.71 Å². The lowest BCUT2D eigenvalue weighted by Crippen LogP contribution is -2.56. The fourth-order valence-electron chi connectivity index (χ4n) is 6.88. The fourth-order valence-corrected chi connectivity index (χ4v) is 6.88. The van der Waals surface area contributed by atoms with Crippen molar-refractivity contribution in [2.45, 2.75) is 48.5 Å². The maximum Gasteiger partial charge on any atom is 0.244 e. The zero-order valence-electron chi connectivity index (χ0n) is 26.7. The van der Waals surface area contributed by atoms with Crippen molar-refractivity contribution in [3.63, 3.8) is 0 Å². The minimum atomic E-state index is 0.0600. The van der Waals surface area contributed by atoms with Crippen LogP contribution in [0.4, 0.5) is 0 Å². The molecule has 2 aromatic heterocycles. The molecule has 0 radical (unpaired) electrons. The predicted octanol–water partition coefficient (Wildman–Crippen LogP) is 7.37. The van der Waals surface area contributed by atoms with Crippen molar-refractivity contribution < 1.29 is 0 Å². The molecule has 0 unspecified atom stereocenters. The number of benzene rings is 4. The molecule has 214 valence electrons. The number of hydrogen-bond donors (Lipinski definition) is 0. The van der Waals surface area contributed by atoms with E-state index in [1.165, 1.54) is 49.8 Å². The first kappa shape index (κ1) is 29.2. The first-order chi connectivity index (χ1) is 21.2. The van der Waals surface area contributed by atoms with Crippen LogP contribution in [-0.2, 0) is 0 Å². The Bertz CT molecular complexity index is 1990. The third-order valence-corrected chi connectivity index (χ3v) is 8.52. The van der Waals surface area contributed by atoms with Crippen LogP contribution in [0.1, 0.15) is 50.1 Å². The summed E-state index contributed by atoms with van der Waals surface area (Å²) < 4.78 is 0. The van der Waals surface area contributed by atoms with Crippen LogP contribution in [0, 0.1) is 60.3 Å². The highest BCUT2D eigenvalue weighted by Crippen LogP contribution is 2.23. The molecule has 0 aliphatic carbocycles. The number of aryl methyl sites for hydroxylation is 7. The Kier molecular flexibility index (Phi) is 7.94. The predicted molar refractivity (Wildman–Crippen MR) is 188 cm³/mol. The Morgan fingerprint density at radius 3 is 1.70 bits per heavy atom. The van der Waals surface area contributed by atoms with Crippen LogP contribution in [0.3, 0.4) is 0 Å². The average Bonchev–Trinajstić information content (AvgIpc) is 2.98. The minimum absolute atomic E-state index is 0.0600. The van der Waals surface area contributed by atoms with Crippen LogP contribution in [0.15, 0.2) is 97.2 Å². The van der Waals surface area contributed by atoms with E-state index in [9.17, 15) is 0 Å². The van der Waals surface area contributed by atoms with Crippen molar-refractivity contribution in [2.75, 3.05) is 0 Å². The summed E-state index contributed by atoms with van der Waals surface area (Å²) in [4.78, 5) is 9.58. The molecule has 44 heavy (non-hydrogen) atoms. The van der Waals surface area contributed by atoms with Gasteiger partial charge < -0.3 is 0 Å². The summed E-state index contributed by atoms with van der Waals surface area (Å²) in [5.41, 5.74) is 17.5. The van der Waals surface area contributed by atoms with E-state index in [1.807, 2.05) is 24.3 Å². The van der Waals surface area contributed by atoms with Crippen molar-refractivity contribution in [3.8, 4) is 23.2 Å². The molecule has 6 aromatic rings. The van der Waals surface area contributed by atoms with Crippen LogP contribution >= 0.6 is 0 Å². The number of hydrogen-bond acceptors (Lipinski definition) is 2. The van der Waals surface area contributed by atoms with Crippen molar-refractivity contribution >= 4 is 34.0 Å². The van der Waals surface area contributed by atoms with E-state index in [0.29, 0.717) is 0 Å². The van der Waals surface area contributed by atoms with Crippen LogP contribution in [0.2, 0.25) is 0 Å². The topological polar surface area (TPSA) is 25.8 Å².